The molecule has 1 aromatic rings. The van der Waals surface area contributed by atoms with E-state index < -0.39 is 0 Å². The van der Waals surface area contributed by atoms with E-state index in [-0.39, 0.29) is 0 Å². The van der Waals surface area contributed by atoms with Crippen LogP contribution >= 0.6 is 23.2 Å². The van der Waals surface area contributed by atoms with Crippen molar-refractivity contribution in [1.82, 2.24) is 0 Å². The van der Waals surface area contributed by atoms with Gasteiger partial charge in [0, 0.05) is 11.8 Å². The molecule has 0 radical (unpaired) electrons. The van der Waals surface area contributed by atoms with E-state index in [4.69, 9.17) is 23.2 Å². The van der Waals surface area contributed by atoms with Gasteiger partial charge in [-0.2, -0.15) is 0 Å². The maximum absolute atomic E-state index is 5.72. The van der Waals surface area contributed by atoms with Crippen molar-refractivity contribution in [2.24, 2.45) is 0 Å². The quantitative estimate of drug-likeness (QED) is 0.625. The van der Waals surface area contributed by atoms with E-state index in [0.717, 1.165) is 11.1 Å². The van der Waals surface area contributed by atoms with Gasteiger partial charge < -0.3 is 0 Å². The Morgan fingerprint density at radius 3 is 2.27 bits per heavy atom. The molecular formula is C9H10Cl2. The molecule has 0 spiro atoms. The molecule has 0 N–H and O–H groups in total. The molecule has 11 heavy (non-hydrogen) atoms. The fraction of sp³-hybridized carbons (Fsp3) is 0.333. The lowest BCUT2D eigenvalue weighted by atomic mass is 10.1. The predicted molar refractivity (Wildman–Crippen MR) is 50.3 cm³/mol. The van der Waals surface area contributed by atoms with Crippen LogP contribution in [0.5, 0.6) is 0 Å². The molecule has 0 unspecified atom stereocenters. The number of hydrogen-bond donors (Lipinski definition) is 0. The van der Waals surface area contributed by atoms with E-state index in [1.165, 1.54) is 5.56 Å². The van der Waals surface area contributed by atoms with Crippen LogP contribution < -0.4 is 0 Å². The van der Waals surface area contributed by atoms with Crippen molar-refractivity contribution in [1.29, 1.82) is 0 Å². The van der Waals surface area contributed by atoms with Crippen LogP contribution in [0.4, 0.5) is 0 Å². The Morgan fingerprint density at radius 1 is 1.09 bits per heavy atom. The fourth-order valence-corrected chi connectivity index (χ4v) is 1.52. The SMILES string of the molecule is Cc1ccc(CCl)c(CCl)c1. The molecule has 0 fully saturated rings. The third-order valence-corrected chi connectivity index (χ3v) is 2.23. The fourth-order valence-electron chi connectivity index (χ4n) is 1.01. The van der Waals surface area contributed by atoms with Crippen molar-refractivity contribution < 1.29 is 0 Å². The molecule has 0 saturated heterocycles. The van der Waals surface area contributed by atoms with E-state index in [2.05, 4.69) is 6.07 Å². The van der Waals surface area contributed by atoms with Crippen LogP contribution in [-0.4, -0.2) is 0 Å². The number of alkyl halides is 2. The summed E-state index contributed by atoms with van der Waals surface area (Å²) < 4.78 is 0. The highest BCUT2D eigenvalue weighted by Gasteiger charge is 1.98. The normalized spacial score (nSPS) is 10.1. The molecule has 0 aliphatic heterocycles. The Kier molecular flexibility index (Phi) is 3.22. The summed E-state index contributed by atoms with van der Waals surface area (Å²) in [6, 6.07) is 6.15. The van der Waals surface area contributed by atoms with Gasteiger partial charge in [0.15, 0.2) is 0 Å². The van der Waals surface area contributed by atoms with Crippen LogP contribution in [0.15, 0.2) is 18.2 Å². The second-order valence-corrected chi connectivity index (χ2v) is 3.07. The Balaban J connectivity index is 3.06. The van der Waals surface area contributed by atoms with Crippen molar-refractivity contribution in [3.63, 3.8) is 0 Å². The molecule has 0 bridgehead atoms. The summed E-state index contributed by atoms with van der Waals surface area (Å²) in [7, 11) is 0. The molecule has 1 rings (SSSR count). The minimum absolute atomic E-state index is 0.544. The van der Waals surface area contributed by atoms with Crippen molar-refractivity contribution >= 4 is 23.2 Å². The topological polar surface area (TPSA) is 0 Å². The summed E-state index contributed by atoms with van der Waals surface area (Å²) in [6.07, 6.45) is 0. The predicted octanol–water partition coefficient (Wildman–Crippen LogP) is 3.47. The van der Waals surface area contributed by atoms with Gasteiger partial charge in [0.1, 0.15) is 0 Å². The number of benzene rings is 1. The van der Waals surface area contributed by atoms with Gasteiger partial charge in [0.2, 0.25) is 0 Å². The van der Waals surface area contributed by atoms with Gasteiger partial charge in [-0.15, -0.1) is 23.2 Å². The third kappa shape index (κ3) is 2.11. The lowest BCUT2D eigenvalue weighted by Crippen LogP contribution is -1.88. The molecule has 0 aromatic heterocycles. The second kappa shape index (κ2) is 3.99. The number of aryl methyl sites for hydroxylation is 1. The largest absolute Gasteiger partial charge is 0.122 e. The standard InChI is InChI=1S/C9H10Cl2/c1-7-2-3-8(5-10)9(4-7)6-11/h2-4H,5-6H2,1H3. The maximum atomic E-state index is 5.72. The third-order valence-electron chi connectivity index (χ3n) is 1.65. The molecule has 2 heteroatoms. The van der Waals surface area contributed by atoms with E-state index in [9.17, 15) is 0 Å². The van der Waals surface area contributed by atoms with Gasteiger partial charge in [0.25, 0.3) is 0 Å². The molecule has 0 nitrogen and oxygen atoms in total. The van der Waals surface area contributed by atoms with Gasteiger partial charge in [-0.3, -0.25) is 0 Å². The summed E-state index contributed by atoms with van der Waals surface area (Å²) in [5, 5.41) is 0. The van der Waals surface area contributed by atoms with E-state index in [0.29, 0.717) is 11.8 Å². The second-order valence-electron chi connectivity index (χ2n) is 2.54. The van der Waals surface area contributed by atoms with Crippen LogP contribution in [0.2, 0.25) is 0 Å². The zero-order valence-corrected chi connectivity index (χ0v) is 7.91. The highest BCUT2D eigenvalue weighted by Crippen LogP contribution is 2.15. The van der Waals surface area contributed by atoms with Gasteiger partial charge in [-0.25, -0.2) is 0 Å². The average Bonchev–Trinajstić information content (AvgIpc) is 2.04. The lowest BCUT2D eigenvalue weighted by Gasteiger charge is -2.03. The Hall–Kier alpha value is -0.200. The zero-order chi connectivity index (χ0) is 8.27. The number of halogens is 2. The van der Waals surface area contributed by atoms with E-state index >= 15 is 0 Å². The van der Waals surface area contributed by atoms with Gasteiger partial charge in [-0.05, 0) is 18.1 Å². The molecule has 0 aliphatic rings. The first-order valence-corrected chi connectivity index (χ1v) is 4.55. The van der Waals surface area contributed by atoms with Crippen LogP contribution in [0.3, 0.4) is 0 Å². The first-order valence-electron chi connectivity index (χ1n) is 3.48. The van der Waals surface area contributed by atoms with Crippen molar-refractivity contribution in [3.05, 3.63) is 34.9 Å². The maximum Gasteiger partial charge on any atom is 0.0477 e. The van der Waals surface area contributed by atoms with Crippen molar-refractivity contribution in [2.75, 3.05) is 0 Å². The van der Waals surface area contributed by atoms with E-state index in [1.54, 1.807) is 0 Å². The molecule has 0 saturated carbocycles. The first-order chi connectivity index (χ1) is 5.27. The summed E-state index contributed by atoms with van der Waals surface area (Å²) in [6.45, 7) is 2.05. The van der Waals surface area contributed by atoms with E-state index in [1.807, 2.05) is 19.1 Å². The minimum atomic E-state index is 0.544. The van der Waals surface area contributed by atoms with Crippen LogP contribution in [0.1, 0.15) is 16.7 Å². The van der Waals surface area contributed by atoms with Gasteiger partial charge >= 0.3 is 0 Å². The van der Waals surface area contributed by atoms with Crippen LogP contribution in [-0.2, 0) is 11.8 Å². The average molecular weight is 189 g/mol. The van der Waals surface area contributed by atoms with Gasteiger partial charge in [-0.1, -0.05) is 23.8 Å². The van der Waals surface area contributed by atoms with Crippen molar-refractivity contribution in [3.8, 4) is 0 Å². The Bertz CT molecular complexity index is 243. The summed E-state index contributed by atoms with van der Waals surface area (Å²) >= 11 is 11.4. The Labute approximate surface area is 77.1 Å². The molecule has 0 amide bonds. The first kappa shape index (κ1) is 8.89. The molecule has 1 aromatic carbocycles. The molecule has 0 heterocycles. The van der Waals surface area contributed by atoms with Crippen LogP contribution in [0, 0.1) is 6.92 Å². The molecule has 0 atom stereocenters. The zero-order valence-electron chi connectivity index (χ0n) is 6.40. The van der Waals surface area contributed by atoms with Crippen LogP contribution in [0.25, 0.3) is 0 Å². The highest BCUT2D eigenvalue weighted by atomic mass is 35.5. The molecule has 60 valence electrons. The Morgan fingerprint density at radius 2 is 1.73 bits per heavy atom. The number of hydrogen-bond acceptors (Lipinski definition) is 0. The lowest BCUT2D eigenvalue weighted by molar-refractivity contribution is 1.24. The highest BCUT2D eigenvalue weighted by molar-refractivity contribution is 6.18. The monoisotopic (exact) mass is 188 g/mol. The van der Waals surface area contributed by atoms with Gasteiger partial charge in [0.05, 0.1) is 0 Å². The molecule has 0 aliphatic carbocycles. The summed E-state index contributed by atoms with van der Waals surface area (Å²) in [5.41, 5.74) is 3.50. The minimum Gasteiger partial charge on any atom is -0.122 e. The van der Waals surface area contributed by atoms with Crippen molar-refractivity contribution in [2.45, 2.75) is 18.7 Å². The summed E-state index contributed by atoms with van der Waals surface area (Å²) in [4.78, 5) is 0. The molecular weight excluding hydrogens is 179 g/mol. The number of rotatable bonds is 2. The smallest absolute Gasteiger partial charge is 0.0477 e. The summed E-state index contributed by atoms with van der Waals surface area (Å²) in [5.74, 6) is 1.09.